The summed E-state index contributed by atoms with van der Waals surface area (Å²) in [6.07, 6.45) is -0.0806. The molecule has 36 heavy (non-hydrogen) atoms. The SMILES string of the molecule is O=C(NCc1ccncc1)c1coc(CN(Cc2ccc(F)cc2)Cc2ccccc2C(F)(F)F)n1. The summed E-state index contributed by atoms with van der Waals surface area (Å²) in [5.74, 6) is -0.701. The average Bonchev–Trinajstić information content (AvgIpc) is 3.33. The number of nitrogens with zero attached hydrogens (tertiary/aromatic N) is 3. The third-order valence-corrected chi connectivity index (χ3v) is 5.38. The number of nitrogens with one attached hydrogen (secondary N) is 1. The molecule has 0 saturated heterocycles. The maximum absolute atomic E-state index is 13.5. The molecule has 4 rings (SSSR count). The fourth-order valence-electron chi connectivity index (χ4n) is 3.64. The van der Waals surface area contributed by atoms with Gasteiger partial charge in [0.05, 0.1) is 12.1 Å². The number of carbonyl (C=O) groups excluding carboxylic acids is 1. The minimum atomic E-state index is -4.51. The number of rotatable bonds is 9. The predicted octanol–water partition coefficient (Wildman–Crippen LogP) is 5.36. The summed E-state index contributed by atoms with van der Waals surface area (Å²) in [4.78, 5) is 22.3. The molecule has 6 nitrogen and oxygen atoms in total. The summed E-state index contributed by atoms with van der Waals surface area (Å²) in [6.45, 7) is 0.438. The van der Waals surface area contributed by atoms with Gasteiger partial charge in [-0.3, -0.25) is 14.7 Å². The lowest BCUT2D eigenvalue weighted by molar-refractivity contribution is -0.138. The molecule has 1 amide bonds. The van der Waals surface area contributed by atoms with Gasteiger partial charge in [0, 0.05) is 32.0 Å². The Kier molecular flexibility index (Phi) is 7.74. The second-order valence-corrected chi connectivity index (χ2v) is 8.09. The van der Waals surface area contributed by atoms with Crippen molar-refractivity contribution in [2.24, 2.45) is 0 Å². The van der Waals surface area contributed by atoms with E-state index in [1.165, 1.54) is 36.6 Å². The topological polar surface area (TPSA) is 71.3 Å². The number of hydrogen-bond donors (Lipinski definition) is 1. The zero-order chi connectivity index (χ0) is 25.5. The fraction of sp³-hybridized carbons (Fsp3) is 0.192. The van der Waals surface area contributed by atoms with Crippen molar-refractivity contribution in [3.63, 3.8) is 0 Å². The molecule has 0 aliphatic carbocycles. The molecule has 0 aliphatic heterocycles. The summed E-state index contributed by atoms with van der Waals surface area (Å²) in [5, 5.41) is 2.73. The van der Waals surface area contributed by atoms with Gasteiger partial charge < -0.3 is 9.73 Å². The van der Waals surface area contributed by atoms with Crippen LogP contribution in [0.15, 0.2) is 83.7 Å². The van der Waals surface area contributed by atoms with E-state index < -0.39 is 23.5 Å². The lowest BCUT2D eigenvalue weighted by Gasteiger charge is -2.23. The van der Waals surface area contributed by atoms with Crippen molar-refractivity contribution >= 4 is 5.91 Å². The van der Waals surface area contributed by atoms with Crippen LogP contribution in [0.2, 0.25) is 0 Å². The van der Waals surface area contributed by atoms with Crippen molar-refractivity contribution in [3.8, 4) is 0 Å². The molecule has 0 unspecified atom stereocenters. The molecule has 0 radical (unpaired) electrons. The van der Waals surface area contributed by atoms with Gasteiger partial charge in [-0.15, -0.1) is 0 Å². The molecule has 0 saturated carbocycles. The highest BCUT2D eigenvalue weighted by Crippen LogP contribution is 2.32. The van der Waals surface area contributed by atoms with Crippen LogP contribution >= 0.6 is 0 Å². The highest BCUT2D eigenvalue weighted by molar-refractivity contribution is 5.91. The van der Waals surface area contributed by atoms with Crippen molar-refractivity contribution in [2.75, 3.05) is 0 Å². The van der Waals surface area contributed by atoms with Gasteiger partial charge in [0.25, 0.3) is 5.91 Å². The van der Waals surface area contributed by atoms with Crippen LogP contribution in [0.1, 0.15) is 38.6 Å². The number of alkyl halides is 3. The van der Waals surface area contributed by atoms with E-state index in [0.717, 1.165) is 11.6 Å². The molecular weight excluding hydrogens is 476 g/mol. The molecule has 2 aromatic heterocycles. The molecular formula is C26H22F4N4O2. The first-order chi connectivity index (χ1) is 17.3. The van der Waals surface area contributed by atoms with Crippen LogP contribution in [-0.4, -0.2) is 20.8 Å². The number of oxazole rings is 1. The molecule has 0 bridgehead atoms. The normalized spacial score (nSPS) is 11.6. The minimum absolute atomic E-state index is 0.0290. The van der Waals surface area contributed by atoms with E-state index in [0.29, 0.717) is 5.56 Å². The molecule has 10 heteroatoms. The van der Waals surface area contributed by atoms with Crippen LogP contribution in [0.25, 0.3) is 0 Å². The van der Waals surface area contributed by atoms with E-state index in [9.17, 15) is 22.4 Å². The largest absolute Gasteiger partial charge is 0.447 e. The second kappa shape index (κ2) is 11.1. The Morgan fingerprint density at radius 2 is 1.64 bits per heavy atom. The number of aromatic nitrogens is 2. The van der Waals surface area contributed by atoms with Gasteiger partial charge >= 0.3 is 6.18 Å². The van der Waals surface area contributed by atoms with E-state index in [-0.39, 0.29) is 43.3 Å². The van der Waals surface area contributed by atoms with E-state index in [2.05, 4.69) is 15.3 Å². The lowest BCUT2D eigenvalue weighted by atomic mass is 10.1. The monoisotopic (exact) mass is 498 g/mol. The Morgan fingerprint density at radius 3 is 2.36 bits per heavy atom. The maximum atomic E-state index is 13.5. The van der Waals surface area contributed by atoms with Gasteiger partial charge in [-0.1, -0.05) is 30.3 Å². The maximum Gasteiger partial charge on any atom is 0.416 e. The Morgan fingerprint density at radius 1 is 0.917 bits per heavy atom. The first kappa shape index (κ1) is 25.1. The number of amides is 1. The van der Waals surface area contributed by atoms with Crippen molar-refractivity contribution in [3.05, 3.63) is 119 Å². The highest BCUT2D eigenvalue weighted by atomic mass is 19.4. The Balaban J connectivity index is 1.50. The number of pyridine rings is 1. The first-order valence-corrected chi connectivity index (χ1v) is 11.0. The van der Waals surface area contributed by atoms with Crippen molar-refractivity contribution in [1.82, 2.24) is 20.2 Å². The van der Waals surface area contributed by atoms with E-state index in [1.807, 2.05) is 0 Å². The molecule has 2 heterocycles. The number of carbonyl (C=O) groups is 1. The van der Waals surface area contributed by atoms with Gasteiger partial charge in [-0.25, -0.2) is 9.37 Å². The van der Waals surface area contributed by atoms with Crippen molar-refractivity contribution in [2.45, 2.75) is 32.4 Å². The summed E-state index contributed by atoms with van der Waals surface area (Å²) < 4.78 is 59.4. The van der Waals surface area contributed by atoms with Crippen LogP contribution < -0.4 is 5.32 Å². The third-order valence-electron chi connectivity index (χ3n) is 5.38. The van der Waals surface area contributed by atoms with Gasteiger partial charge in [-0.2, -0.15) is 13.2 Å². The lowest BCUT2D eigenvalue weighted by Crippen LogP contribution is -2.25. The fourth-order valence-corrected chi connectivity index (χ4v) is 3.64. The summed E-state index contributed by atoms with van der Waals surface area (Å²) >= 11 is 0. The summed E-state index contributed by atoms with van der Waals surface area (Å²) in [6, 6.07) is 14.5. The van der Waals surface area contributed by atoms with Crippen LogP contribution in [-0.2, 0) is 32.4 Å². The molecule has 2 aromatic carbocycles. The Bertz CT molecular complexity index is 1290. The Hall–Kier alpha value is -4.05. The summed E-state index contributed by atoms with van der Waals surface area (Å²) in [7, 11) is 0. The molecule has 0 atom stereocenters. The standard InChI is InChI=1S/C26H22F4N4O2/c27-21-7-5-19(6-8-21)14-34(15-20-3-1-2-4-22(20)26(28,29)30)16-24-33-23(17-36-24)25(35)32-13-18-9-11-31-12-10-18/h1-12,17H,13-16H2,(H,32,35). The first-order valence-electron chi connectivity index (χ1n) is 11.0. The number of benzene rings is 2. The van der Waals surface area contributed by atoms with Gasteiger partial charge in [0.15, 0.2) is 5.69 Å². The number of hydrogen-bond acceptors (Lipinski definition) is 5. The molecule has 4 aromatic rings. The van der Waals surface area contributed by atoms with Crippen LogP contribution in [0.4, 0.5) is 17.6 Å². The molecule has 0 aliphatic rings. The van der Waals surface area contributed by atoms with Crippen LogP contribution in [0, 0.1) is 5.82 Å². The van der Waals surface area contributed by atoms with Gasteiger partial charge in [0.2, 0.25) is 5.89 Å². The van der Waals surface area contributed by atoms with Gasteiger partial charge in [0.1, 0.15) is 12.1 Å². The second-order valence-electron chi connectivity index (χ2n) is 8.09. The number of halogens is 4. The van der Waals surface area contributed by atoms with E-state index >= 15 is 0 Å². The van der Waals surface area contributed by atoms with E-state index in [1.54, 1.807) is 41.6 Å². The smallest absolute Gasteiger partial charge is 0.416 e. The van der Waals surface area contributed by atoms with Crippen LogP contribution in [0.3, 0.4) is 0 Å². The van der Waals surface area contributed by atoms with Crippen LogP contribution in [0.5, 0.6) is 0 Å². The highest BCUT2D eigenvalue weighted by Gasteiger charge is 2.33. The molecule has 0 spiro atoms. The zero-order valence-electron chi connectivity index (χ0n) is 19.0. The van der Waals surface area contributed by atoms with E-state index in [4.69, 9.17) is 4.42 Å². The molecule has 0 fully saturated rings. The minimum Gasteiger partial charge on any atom is -0.447 e. The quantitative estimate of drug-likeness (QED) is 0.315. The Labute approximate surface area is 204 Å². The summed E-state index contributed by atoms with van der Waals surface area (Å²) in [5.41, 5.74) is 0.946. The zero-order valence-corrected chi connectivity index (χ0v) is 19.0. The predicted molar refractivity (Wildman–Crippen MR) is 123 cm³/mol. The third kappa shape index (κ3) is 6.76. The van der Waals surface area contributed by atoms with Crippen molar-refractivity contribution < 1.29 is 26.8 Å². The average molecular weight is 498 g/mol. The molecule has 1 N–H and O–H groups in total. The van der Waals surface area contributed by atoms with Gasteiger partial charge in [-0.05, 0) is 47.0 Å². The van der Waals surface area contributed by atoms with Crippen molar-refractivity contribution in [1.29, 1.82) is 0 Å². The molecule has 186 valence electrons.